The maximum Gasteiger partial charge on any atom is 0.106 e. The third-order valence-electron chi connectivity index (χ3n) is 2.90. The molecule has 0 aliphatic carbocycles. The summed E-state index contributed by atoms with van der Waals surface area (Å²) in [4.78, 5) is 4.52. The number of para-hydroxylation sites is 2. The standard InChI is InChI=1S/C13H18N2O/c1-9(8-10(2)16)15-11(3)14-12-6-4-5-7-13(12)15/h4-7,9-10,16H,8H2,1-3H3. The van der Waals surface area contributed by atoms with E-state index in [1.54, 1.807) is 0 Å². The van der Waals surface area contributed by atoms with Crippen LogP contribution in [0.1, 0.15) is 32.1 Å². The van der Waals surface area contributed by atoms with E-state index in [-0.39, 0.29) is 12.1 Å². The van der Waals surface area contributed by atoms with E-state index in [1.807, 2.05) is 32.0 Å². The van der Waals surface area contributed by atoms with Crippen LogP contribution in [0.15, 0.2) is 24.3 Å². The third kappa shape index (κ3) is 1.95. The topological polar surface area (TPSA) is 38.0 Å². The van der Waals surface area contributed by atoms with E-state index in [2.05, 4.69) is 22.5 Å². The SMILES string of the molecule is Cc1nc2ccccc2n1C(C)CC(C)O. The summed E-state index contributed by atoms with van der Waals surface area (Å²) in [6.07, 6.45) is 0.469. The van der Waals surface area contributed by atoms with Gasteiger partial charge in [-0.2, -0.15) is 0 Å². The maximum absolute atomic E-state index is 9.45. The van der Waals surface area contributed by atoms with E-state index in [1.165, 1.54) is 0 Å². The van der Waals surface area contributed by atoms with E-state index >= 15 is 0 Å². The Morgan fingerprint density at radius 2 is 2.00 bits per heavy atom. The molecule has 86 valence electrons. The minimum Gasteiger partial charge on any atom is -0.393 e. The highest BCUT2D eigenvalue weighted by Crippen LogP contribution is 2.23. The van der Waals surface area contributed by atoms with Crippen LogP contribution in [-0.4, -0.2) is 20.8 Å². The van der Waals surface area contributed by atoms with Gasteiger partial charge >= 0.3 is 0 Å². The molecule has 0 saturated carbocycles. The fraction of sp³-hybridized carbons (Fsp3) is 0.462. The normalized spacial score (nSPS) is 15.2. The van der Waals surface area contributed by atoms with Crippen molar-refractivity contribution in [2.45, 2.75) is 39.3 Å². The molecule has 1 aromatic heterocycles. The van der Waals surface area contributed by atoms with Crippen LogP contribution in [0.2, 0.25) is 0 Å². The summed E-state index contributed by atoms with van der Waals surface area (Å²) in [6, 6.07) is 8.39. The molecule has 2 atom stereocenters. The van der Waals surface area contributed by atoms with E-state index in [9.17, 15) is 5.11 Å². The van der Waals surface area contributed by atoms with Crippen LogP contribution >= 0.6 is 0 Å². The summed E-state index contributed by atoms with van der Waals surface area (Å²) < 4.78 is 2.20. The molecule has 0 aliphatic heterocycles. The van der Waals surface area contributed by atoms with Crippen molar-refractivity contribution in [3.8, 4) is 0 Å². The zero-order valence-corrected chi connectivity index (χ0v) is 10.0. The number of benzene rings is 1. The summed E-state index contributed by atoms with van der Waals surface area (Å²) >= 11 is 0. The molecule has 0 aliphatic rings. The molecule has 2 unspecified atom stereocenters. The fourth-order valence-electron chi connectivity index (χ4n) is 2.32. The number of aliphatic hydroxyl groups excluding tert-OH is 1. The first-order valence-electron chi connectivity index (χ1n) is 5.71. The minimum atomic E-state index is -0.282. The largest absolute Gasteiger partial charge is 0.393 e. The van der Waals surface area contributed by atoms with Crippen molar-refractivity contribution in [3.05, 3.63) is 30.1 Å². The number of hydrogen-bond acceptors (Lipinski definition) is 2. The Labute approximate surface area is 95.7 Å². The lowest BCUT2D eigenvalue weighted by atomic mass is 10.1. The summed E-state index contributed by atoms with van der Waals surface area (Å²) in [7, 11) is 0. The summed E-state index contributed by atoms with van der Waals surface area (Å²) in [5, 5.41) is 9.45. The average Bonchev–Trinajstić information content (AvgIpc) is 2.52. The molecule has 1 N–H and O–H groups in total. The second-order valence-electron chi connectivity index (χ2n) is 4.45. The van der Waals surface area contributed by atoms with Crippen LogP contribution in [-0.2, 0) is 0 Å². The molecule has 3 heteroatoms. The van der Waals surface area contributed by atoms with Gasteiger partial charge < -0.3 is 9.67 Å². The molecule has 2 aromatic rings. The Kier molecular flexibility index (Phi) is 2.97. The highest BCUT2D eigenvalue weighted by Gasteiger charge is 2.14. The monoisotopic (exact) mass is 218 g/mol. The Bertz CT molecular complexity index is 488. The second-order valence-corrected chi connectivity index (χ2v) is 4.45. The lowest BCUT2D eigenvalue weighted by molar-refractivity contribution is 0.166. The first-order valence-corrected chi connectivity index (χ1v) is 5.71. The maximum atomic E-state index is 9.45. The van der Waals surface area contributed by atoms with E-state index in [0.29, 0.717) is 0 Å². The van der Waals surface area contributed by atoms with E-state index in [0.717, 1.165) is 23.3 Å². The van der Waals surface area contributed by atoms with Gasteiger partial charge in [0.1, 0.15) is 5.82 Å². The van der Waals surface area contributed by atoms with Gasteiger partial charge in [-0.25, -0.2) is 4.98 Å². The minimum absolute atomic E-state index is 0.271. The molecule has 3 nitrogen and oxygen atoms in total. The van der Waals surface area contributed by atoms with Crippen LogP contribution in [0.5, 0.6) is 0 Å². The number of imidazole rings is 1. The van der Waals surface area contributed by atoms with Gasteiger partial charge in [0.05, 0.1) is 17.1 Å². The highest BCUT2D eigenvalue weighted by atomic mass is 16.3. The van der Waals surface area contributed by atoms with Crippen LogP contribution in [0.25, 0.3) is 11.0 Å². The number of nitrogens with zero attached hydrogens (tertiary/aromatic N) is 2. The molecule has 0 spiro atoms. The van der Waals surface area contributed by atoms with Gasteiger partial charge in [0.15, 0.2) is 0 Å². The van der Waals surface area contributed by atoms with E-state index in [4.69, 9.17) is 0 Å². The summed E-state index contributed by atoms with van der Waals surface area (Å²) in [6.45, 7) is 5.96. The van der Waals surface area contributed by atoms with Crippen molar-refractivity contribution in [1.29, 1.82) is 0 Å². The molecule has 0 amide bonds. The van der Waals surface area contributed by atoms with Crippen molar-refractivity contribution < 1.29 is 5.11 Å². The fourth-order valence-corrected chi connectivity index (χ4v) is 2.32. The van der Waals surface area contributed by atoms with Gasteiger partial charge in [0.2, 0.25) is 0 Å². The van der Waals surface area contributed by atoms with Gasteiger partial charge in [-0.05, 0) is 39.3 Å². The van der Waals surface area contributed by atoms with Gasteiger partial charge in [-0.15, -0.1) is 0 Å². The van der Waals surface area contributed by atoms with Crippen LogP contribution in [0.3, 0.4) is 0 Å². The first-order chi connectivity index (χ1) is 7.59. The zero-order chi connectivity index (χ0) is 11.7. The Morgan fingerprint density at radius 1 is 1.31 bits per heavy atom. The molecule has 0 bridgehead atoms. The Hall–Kier alpha value is -1.35. The quantitative estimate of drug-likeness (QED) is 0.860. The zero-order valence-electron chi connectivity index (χ0n) is 10.0. The Balaban J connectivity index is 2.46. The molecule has 0 saturated heterocycles. The molecular weight excluding hydrogens is 200 g/mol. The molecule has 16 heavy (non-hydrogen) atoms. The van der Waals surface area contributed by atoms with Crippen molar-refractivity contribution in [2.75, 3.05) is 0 Å². The number of fused-ring (bicyclic) bond motifs is 1. The van der Waals surface area contributed by atoms with Crippen molar-refractivity contribution >= 4 is 11.0 Å². The van der Waals surface area contributed by atoms with Crippen LogP contribution in [0.4, 0.5) is 0 Å². The predicted octanol–water partition coefficient (Wildman–Crippen LogP) is 2.68. The van der Waals surface area contributed by atoms with Gasteiger partial charge in [-0.1, -0.05) is 12.1 Å². The number of aromatic nitrogens is 2. The Morgan fingerprint density at radius 3 is 2.69 bits per heavy atom. The lowest BCUT2D eigenvalue weighted by Gasteiger charge is -2.17. The van der Waals surface area contributed by atoms with Gasteiger partial charge in [0, 0.05) is 6.04 Å². The molecule has 1 aromatic carbocycles. The molecular formula is C13H18N2O. The van der Waals surface area contributed by atoms with Crippen molar-refractivity contribution in [1.82, 2.24) is 9.55 Å². The van der Waals surface area contributed by atoms with Crippen molar-refractivity contribution in [2.24, 2.45) is 0 Å². The van der Waals surface area contributed by atoms with Crippen LogP contribution in [0, 0.1) is 6.92 Å². The molecule has 0 fully saturated rings. The molecule has 1 heterocycles. The van der Waals surface area contributed by atoms with Crippen LogP contribution < -0.4 is 0 Å². The number of aryl methyl sites for hydroxylation is 1. The third-order valence-corrected chi connectivity index (χ3v) is 2.90. The summed E-state index contributed by atoms with van der Waals surface area (Å²) in [5.41, 5.74) is 2.17. The van der Waals surface area contributed by atoms with Crippen molar-refractivity contribution in [3.63, 3.8) is 0 Å². The number of aliphatic hydroxyl groups is 1. The molecule has 0 radical (unpaired) electrons. The number of rotatable bonds is 3. The van der Waals surface area contributed by atoms with E-state index < -0.39 is 0 Å². The number of hydrogen-bond donors (Lipinski definition) is 1. The summed E-state index contributed by atoms with van der Waals surface area (Å²) in [5.74, 6) is 1.01. The predicted molar refractivity (Wildman–Crippen MR) is 65.5 cm³/mol. The highest BCUT2D eigenvalue weighted by molar-refractivity contribution is 5.76. The first kappa shape index (κ1) is 11.1. The second kappa shape index (κ2) is 4.26. The smallest absolute Gasteiger partial charge is 0.106 e. The lowest BCUT2D eigenvalue weighted by Crippen LogP contribution is -2.13. The average molecular weight is 218 g/mol. The van der Waals surface area contributed by atoms with Gasteiger partial charge in [0.25, 0.3) is 0 Å². The van der Waals surface area contributed by atoms with Gasteiger partial charge in [-0.3, -0.25) is 0 Å². The molecule has 2 rings (SSSR count).